The van der Waals surface area contributed by atoms with Crippen LogP contribution in [0.5, 0.6) is 5.75 Å². The van der Waals surface area contributed by atoms with Crippen LogP contribution < -0.4 is 15.0 Å². The summed E-state index contributed by atoms with van der Waals surface area (Å²) in [6.45, 7) is 0.654. The molecule has 2 aromatic rings. The second-order valence-electron chi connectivity index (χ2n) is 4.70. The Hall–Kier alpha value is -2.74. The van der Waals surface area contributed by atoms with Gasteiger partial charge in [0.25, 0.3) is 0 Å². The van der Waals surface area contributed by atoms with Gasteiger partial charge in [-0.3, -0.25) is 4.98 Å². The molecular weight excluding hydrogens is 264 g/mol. The van der Waals surface area contributed by atoms with Gasteiger partial charge in [0.1, 0.15) is 11.8 Å². The molecule has 5 nitrogen and oxygen atoms in total. The Bertz CT molecular complexity index is 634. The smallest absolute Gasteiger partial charge is 0.174 e. The van der Waals surface area contributed by atoms with Crippen LogP contribution in [0.3, 0.4) is 0 Å². The van der Waals surface area contributed by atoms with E-state index in [9.17, 15) is 0 Å². The Morgan fingerprint density at radius 3 is 2.86 bits per heavy atom. The summed E-state index contributed by atoms with van der Waals surface area (Å²) >= 11 is 0. The topological polar surface area (TPSA) is 61.2 Å². The standard InChI is InChI=1S/C16H18N4O/c1-20(2)15-7-9-18-12-14(15)19-11-13-5-3-4-6-16(13)21-10-8-17/h3-7,9,12,19H,10-11H2,1-2H3. The average molecular weight is 282 g/mol. The fraction of sp³-hybridized carbons (Fsp3) is 0.250. The molecule has 0 bridgehead atoms. The number of nitriles is 1. The predicted molar refractivity (Wildman–Crippen MR) is 83.4 cm³/mol. The number of benzene rings is 1. The first-order chi connectivity index (χ1) is 10.2. The van der Waals surface area contributed by atoms with Gasteiger partial charge in [-0.15, -0.1) is 0 Å². The maximum Gasteiger partial charge on any atom is 0.174 e. The Morgan fingerprint density at radius 1 is 1.29 bits per heavy atom. The minimum Gasteiger partial charge on any atom is -0.478 e. The summed E-state index contributed by atoms with van der Waals surface area (Å²) in [5.41, 5.74) is 3.03. The van der Waals surface area contributed by atoms with Gasteiger partial charge in [0, 0.05) is 32.4 Å². The van der Waals surface area contributed by atoms with Gasteiger partial charge in [-0.1, -0.05) is 18.2 Å². The third-order valence-electron chi connectivity index (χ3n) is 3.01. The Kier molecular flexibility index (Phi) is 4.99. The molecule has 0 aliphatic carbocycles. The zero-order valence-corrected chi connectivity index (χ0v) is 12.2. The van der Waals surface area contributed by atoms with Crippen molar-refractivity contribution in [3.05, 3.63) is 48.3 Å². The number of para-hydroxylation sites is 1. The lowest BCUT2D eigenvalue weighted by molar-refractivity contribution is 0.364. The van der Waals surface area contributed by atoms with Crippen LogP contribution in [0.25, 0.3) is 0 Å². The zero-order chi connectivity index (χ0) is 15.1. The fourth-order valence-corrected chi connectivity index (χ4v) is 2.00. The van der Waals surface area contributed by atoms with E-state index < -0.39 is 0 Å². The van der Waals surface area contributed by atoms with Crippen molar-refractivity contribution in [1.82, 2.24) is 4.98 Å². The van der Waals surface area contributed by atoms with Gasteiger partial charge in [-0.05, 0) is 12.1 Å². The highest BCUT2D eigenvalue weighted by Crippen LogP contribution is 2.24. The molecule has 1 aromatic heterocycles. The van der Waals surface area contributed by atoms with Crippen LogP contribution in [0, 0.1) is 11.3 Å². The molecule has 0 spiro atoms. The number of aromatic nitrogens is 1. The molecule has 21 heavy (non-hydrogen) atoms. The number of ether oxygens (including phenoxy) is 1. The lowest BCUT2D eigenvalue weighted by atomic mass is 10.2. The summed E-state index contributed by atoms with van der Waals surface area (Å²) in [5.74, 6) is 0.724. The van der Waals surface area contributed by atoms with E-state index in [4.69, 9.17) is 10.00 Å². The number of hydrogen-bond acceptors (Lipinski definition) is 5. The highest BCUT2D eigenvalue weighted by atomic mass is 16.5. The maximum atomic E-state index is 8.62. The third kappa shape index (κ3) is 3.86. The van der Waals surface area contributed by atoms with Crippen LogP contribution in [0.15, 0.2) is 42.7 Å². The average Bonchev–Trinajstić information content (AvgIpc) is 2.52. The largest absolute Gasteiger partial charge is 0.478 e. The molecule has 0 aliphatic rings. The van der Waals surface area contributed by atoms with Crippen LogP contribution in [0.2, 0.25) is 0 Å². The first-order valence-electron chi connectivity index (χ1n) is 6.65. The van der Waals surface area contributed by atoms with E-state index in [0.29, 0.717) is 6.54 Å². The van der Waals surface area contributed by atoms with E-state index in [0.717, 1.165) is 22.7 Å². The quantitative estimate of drug-likeness (QED) is 0.882. The molecule has 1 aromatic carbocycles. The van der Waals surface area contributed by atoms with Gasteiger partial charge >= 0.3 is 0 Å². The fourth-order valence-electron chi connectivity index (χ4n) is 2.00. The second-order valence-corrected chi connectivity index (χ2v) is 4.70. The number of pyridine rings is 1. The van der Waals surface area contributed by atoms with E-state index in [1.807, 2.05) is 55.4 Å². The second kappa shape index (κ2) is 7.15. The SMILES string of the molecule is CN(C)c1ccncc1NCc1ccccc1OCC#N. The van der Waals surface area contributed by atoms with Gasteiger partial charge in [0.05, 0.1) is 17.6 Å². The predicted octanol–water partition coefficient (Wildman–Crippen LogP) is 2.66. The van der Waals surface area contributed by atoms with E-state index in [-0.39, 0.29) is 6.61 Å². The summed E-state index contributed by atoms with van der Waals surface area (Å²) < 4.78 is 5.43. The number of anilines is 2. The molecule has 1 heterocycles. The van der Waals surface area contributed by atoms with E-state index in [2.05, 4.69) is 10.3 Å². The number of nitrogens with one attached hydrogen (secondary N) is 1. The maximum absolute atomic E-state index is 8.62. The van der Waals surface area contributed by atoms with Gasteiger partial charge < -0.3 is 15.0 Å². The summed E-state index contributed by atoms with van der Waals surface area (Å²) in [6.07, 6.45) is 3.57. The first kappa shape index (κ1) is 14.7. The molecule has 5 heteroatoms. The molecule has 0 fully saturated rings. The van der Waals surface area contributed by atoms with Crippen molar-refractivity contribution in [2.24, 2.45) is 0 Å². The summed E-state index contributed by atoms with van der Waals surface area (Å²) in [6, 6.07) is 11.6. The van der Waals surface area contributed by atoms with Crippen LogP contribution in [-0.4, -0.2) is 25.7 Å². The lowest BCUT2D eigenvalue weighted by Crippen LogP contribution is -2.12. The van der Waals surface area contributed by atoms with Crippen molar-refractivity contribution in [1.29, 1.82) is 5.26 Å². The number of hydrogen-bond donors (Lipinski definition) is 1. The van der Waals surface area contributed by atoms with E-state index in [1.165, 1.54) is 0 Å². The Balaban J connectivity index is 2.12. The van der Waals surface area contributed by atoms with Crippen LogP contribution in [0.1, 0.15) is 5.56 Å². The summed E-state index contributed by atoms with van der Waals surface area (Å²) in [5, 5.41) is 12.0. The van der Waals surface area contributed by atoms with Crippen molar-refractivity contribution in [3.63, 3.8) is 0 Å². The lowest BCUT2D eigenvalue weighted by Gasteiger charge is -2.18. The van der Waals surface area contributed by atoms with Crippen LogP contribution in [-0.2, 0) is 6.54 Å². The van der Waals surface area contributed by atoms with Crippen LogP contribution in [0.4, 0.5) is 11.4 Å². The minimum absolute atomic E-state index is 0.0485. The van der Waals surface area contributed by atoms with Crippen molar-refractivity contribution in [3.8, 4) is 11.8 Å². The molecule has 2 rings (SSSR count). The van der Waals surface area contributed by atoms with Crippen molar-refractivity contribution < 1.29 is 4.74 Å². The minimum atomic E-state index is 0.0485. The molecular formula is C16H18N4O. The molecule has 0 atom stereocenters. The summed E-state index contributed by atoms with van der Waals surface area (Å²) in [4.78, 5) is 6.18. The van der Waals surface area contributed by atoms with Crippen molar-refractivity contribution in [2.45, 2.75) is 6.54 Å². The van der Waals surface area contributed by atoms with Crippen molar-refractivity contribution in [2.75, 3.05) is 30.9 Å². The van der Waals surface area contributed by atoms with Crippen LogP contribution >= 0.6 is 0 Å². The molecule has 0 saturated carbocycles. The van der Waals surface area contributed by atoms with Gasteiger partial charge in [-0.25, -0.2) is 0 Å². The highest BCUT2D eigenvalue weighted by molar-refractivity contribution is 5.68. The molecule has 1 N–H and O–H groups in total. The molecule has 0 amide bonds. The normalized spacial score (nSPS) is 9.76. The summed E-state index contributed by atoms with van der Waals surface area (Å²) in [7, 11) is 3.98. The highest BCUT2D eigenvalue weighted by Gasteiger charge is 2.06. The van der Waals surface area contributed by atoms with Crippen molar-refractivity contribution >= 4 is 11.4 Å². The third-order valence-corrected chi connectivity index (χ3v) is 3.01. The monoisotopic (exact) mass is 282 g/mol. The number of nitrogens with zero attached hydrogens (tertiary/aromatic N) is 3. The van der Waals surface area contributed by atoms with Gasteiger partial charge in [0.15, 0.2) is 6.61 Å². The molecule has 0 saturated heterocycles. The Morgan fingerprint density at radius 2 is 2.10 bits per heavy atom. The number of rotatable bonds is 6. The Labute approximate surface area is 124 Å². The zero-order valence-electron chi connectivity index (χ0n) is 12.2. The van der Waals surface area contributed by atoms with Gasteiger partial charge in [0.2, 0.25) is 0 Å². The molecule has 0 unspecified atom stereocenters. The molecule has 0 aliphatic heterocycles. The van der Waals surface area contributed by atoms with E-state index >= 15 is 0 Å². The van der Waals surface area contributed by atoms with Gasteiger partial charge in [-0.2, -0.15) is 5.26 Å². The molecule has 0 radical (unpaired) electrons. The molecule has 108 valence electrons. The van der Waals surface area contributed by atoms with E-state index in [1.54, 1.807) is 12.4 Å². The first-order valence-corrected chi connectivity index (χ1v) is 6.65.